The lowest BCUT2D eigenvalue weighted by Gasteiger charge is -2.09. The molecular weight excluding hydrogens is 359 g/mol. The molecule has 0 spiro atoms. The number of rotatable bonds is 7. The van der Waals surface area contributed by atoms with Crippen LogP contribution in [0, 0.1) is 17.1 Å². The molecule has 0 saturated carbocycles. The number of halogens is 1. The Balaban J connectivity index is 1.70. The Morgan fingerprint density at radius 1 is 1.18 bits per heavy atom. The van der Waals surface area contributed by atoms with Crippen LogP contribution in [0.2, 0.25) is 0 Å². The van der Waals surface area contributed by atoms with E-state index in [0.29, 0.717) is 17.0 Å². The van der Waals surface area contributed by atoms with E-state index in [2.05, 4.69) is 4.98 Å². The summed E-state index contributed by atoms with van der Waals surface area (Å²) in [4.78, 5) is 15.6. The van der Waals surface area contributed by atoms with Crippen LogP contribution in [0.1, 0.15) is 16.7 Å². The van der Waals surface area contributed by atoms with Crippen molar-refractivity contribution in [2.45, 2.75) is 13.0 Å². The second-order valence-corrected chi connectivity index (χ2v) is 6.16. The van der Waals surface area contributed by atoms with Crippen molar-refractivity contribution in [3.05, 3.63) is 83.3 Å². The molecule has 0 amide bonds. The van der Waals surface area contributed by atoms with E-state index < -0.39 is 12.4 Å². The second-order valence-electron chi connectivity index (χ2n) is 6.16. The molecular formula is C22H17FN2O3. The monoisotopic (exact) mass is 376 g/mol. The Kier molecular flexibility index (Phi) is 6.10. The maximum atomic E-state index is 14.0. The van der Waals surface area contributed by atoms with Crippen molar-refractivity contribution >= 4 is 5.78 Å². The van der Waals surface area contributed by atoms with Gasteiger partial charge < -0.3 is 9.84 Å². The highest BCUT2D eigenvalue weighted by Gasteiger charge is 2.07. The molecule has 1 aromatic heterocycles. The minimum Gasteiger partial charge on any atom is -0.489 e. The summed E-state index contributed by atoms with van der Waals surface area (Å²) in [6.45, 7) is -0.447. The summed E-state index contributed by atoms with van der Waals surface area (Å²) in [6, 6.07) is 17.0. The number of carbonyl (C=O) groups is 1. The van der Waals surface area contributed by atoms with Gasteiger partial charge in [0.25, 0.3) is 0 Å². The molecule has 6 heteroatoms. The minimum absolute atomic E-state index is 0.0383. The maximum Gasteiger partial charge on any atom is 0.162 e. The van der Waals surface area contributed by atoms with E-state index in [-0.39, 0.29) is 24.4 Å². The molecule has 1 heterocycles. The van der Waals surface area contributed by atoms with Crippen LogP contribution in [0.5, 0.6) is 5.75 Å². The number of hydrogen-bond donors (Lipinski definition) is 1. The predicted molar refractivity (Wildman–Crippen MR) is 101 cm³/mol. The number of carbonyl (C=O) groups excluding carboxylic acids is 1. The van der Waals surface area contributed by atoms with Crippen LogP contribution in [-0.2, 0) is 17.8 Å². The summed E-state index contributed by atoms with van der Waals surface area (Å²) in [6.07, 6.45) is 1.74. The molecule has 140 valence electrons. The summed E-state index contributed by atoms with van der Waals surface area (Å²) in [5, 5.41) is 17.6. The first-order valence-corrected chi connectivity index (χ1v) is 8.58. The Morgan fingerprint density at radius 2 is 2.04 bits per heavy atom. The third-order valence-corrected chi connectivity index (χ3v) is 4.11. The topological polar surface area (TPSA) is 83.2 Å². The lowest BCUT2D eigenvalue weighted by Crippen LogP contribution is -2.07. The number of Topliss-reactive ketones (excluding diaryl/α,β-unsaturated/α-hetero) is 1. The van der Waals surface area contributed by atoms with Gasteiger partial charge >= 0.3 is 0 Å². The fourth-order valence-corrected chi connectivity index (χ4v) is 2.62. The number of nitriles is 1. The smallest absolute Gasteiger partial charge is 0.162 e. The molecule has 0 aliphatic rings. The van der Waals surface area contributed by atoms with E-state index in [1.807, 2.05) is 18.2 Å². The van der Waals surface area contributed by atoms with Gasteiger partial charge in [-0.15, -0.1) is 0 Å². The Labute approximate surface area is 161 Å². The Morgan fingerprint density at radius 3 is 2.71 bits per heavy atom. The molecule has 1 N–H and O–H groups in total. The molecule has 5 nitrogen and oxygen atoms in total. The van der Waals surface area contributed by atoms with E-state index >= 15 is 0 Å². The van der Waals surface area contributed by atoms with Crippen molar-refractivity contribution < 1.29 is 19.0 Å². The fourth-order valence-electron chi connectivity index (χ4n) is 2.62. The Bertz CT molecular complexity index is 1030. The number of aliphatic hydroxyl groups is 1. The fraction of sp³-hybridized carbons (Fsp3) is 0.136. The molecule has 0 unspecified atom stereocenters. The van der Waals surface area contributed by atoms with E-state index in [1.54, 1.807) is 36.5 Å². The normalized spacial score (nSPS) is 10.3. The highest BCUT2D eigenvalue weighted by Crippen LogP contribution is 2.23. The standard InChI is InChI=1S/C22H17FN2O3/c23-21-9-15(11-24)4-6-18(21)14-28-20-3-1-2-17(10-20)22-7-5-16(12-25-22)8-19(27)13-26/h1-7,9-10,12,26H,8,13-14H2. The molecule has 28 heavy (non-hydrogen) atoms. The molecule has 0 aliphatic heterocycles. The van der Waals surface area contributed by atoms with E-state index in [4.69, 9.17) is 15.1 Å². The van der Waals surface area contributed by atoms with Gasteiger partial charge in [0.15, 0.2) is 5.78 Å². The van der Waals surface area contributed by atoms with Crippen LogP contribution in [0.3, 0.4) is 0 Å². The molecule has 0 bridgehead atoms. The molecule has 0 saturated heterocycles. The van der Waals surface area contributed by atoms with Gasteiger partial charge in [-0.25, -0.2) is 4.39 Å². The van der Waals surface area contributed by atoms with Crippen molar-refractivity contribution in [3.8, 4) is 23.1 Å². The number of nitrogens with zero attached hydrogens (tertiary/aromatic N) is 2. The highest BCUT2D eigenvalue weighted by molar-refractivity contribution is 5.81. The predicted octanol–water partition coefficient (Wildman–Crippen LogP) is 3.44. The zero-order valence-electron chi connectivity index (χ0n) is 14.9. The molecule has 0 radical (unpaired) electrons. The zero-order chi connectivity index (χ0) is 19.9. The molecule has 3 aromatic rings. The van der Waals surface area contributed by atoms with Gasteiger partial charge in [0.05, 0.1) is 17.3 Å². The van der Waals surface area contributed by atoms with Crippen molar-refractivity contribution in [2.75, 3.05) is 6.61 Å². The lowest BCUT2D eigenvalue weighted by molar-refractivity contribution is -0.121. The van der Waals surface area contributed by atoms with Gasteiger partial charge in [-0.1, -0.05) is 24.3 Å². The zero-order valence-corrected chi connectivity index (χ0v) is 14.9. The van der Waals surface area contributed by atoms with Gasteiger partial charge in [-0.05, 0) is 35.9 Å². The van der Waals surface area contributed by atoms with Gasteiger partial charge in [-0.3, -0.25) is 9.78 Å². The summed E-state index contributed by atoms with van der Waals surface area (Å²) in [5.74, 6) is -0.188. The number of pyridine rings is 1. The first-order chi connectivity index (χ1) is 13.6. The summed E-state index contributed by atoms with van der Waals surface area (Å²) in [7, 11) is 0. The third kappa shape index (κ3) is 4.78. The molecule has 2 aromatic carbocycles. The summed E-state index contributed by atoms with van der Waals surface area (Å²) >= 11 is 0. The van der Waals surface area contributed by atoms with E-state index in [1.165, 1.54) is 12.1 Å². The number of benzene rings is 2. The van der Waals surface area contributed by atoms with Crippen molar-refractivity contribution in [3.63, 3.8) is 0 Å². The summed E-state index contributed by atoms with van der Waals surface area (Å²) < 4.78 is 19.6. The number of aliphatic hydroxyl groups excluding tert-OH is 1. The number of hydrogen-bond acceptors (Lipinski definition) is 5. The average Bonchev–Trinajstić information content (AvgIpc) is 2.73. The number of aromatic nitrogens is 1. The molecule has 0 aliphatic carbocycles. The number of ketones is 1. The van der Waals surface area contributed by atoms with Gasteiger partial charge in [0.2, 0.25) is 0 Å². The molecule has 0 atom stereocenters. The van der Waals surface area contributed by atoms with Crippen molar-refractivity contribution in [1.82, 2.24) is 4.98 Å². The van der Waals surface area contributed by atoms with E-state index in [9.17, 15) is 9.18 Å². The van der Waals surface area contributed by atoms with Crippen LogP contribution in [0.15, 0.2) is 60.8 Å². The van der Waals surface area contributed by atoms with Gasteiger partial charge in [0.1, 0.15) is 24.8 Å². The number of ether oxygens (including phenoxy) is 1. The van der Waals surface area contributed by atoms with Crippen LogP contribution >= 0.6 is 0 Å². The minimum atomic E-state index is -0.485. The van der Waals surface area contributed by atoms with Crippen LogP contribution < -0.4 is 4.74 Å². The van der Waals surface area contributed by atoms with Gasteiger partial charge in [-0.2, -0.15) is 5.26 Å². The van der Waals surface area contributed by atoms with Crippen LogP contribution in [0.25, 0.3) is 11.3 Å². The summed E-state index contributed by atoms with van der Waals surface area (Å²) in [5.41, 5.74) is 2.87. The van der Waals surface area contributed by atoms with Crippen LogP contribution in [-0.4, -0.2) is 22.5 Å². The van der Waals surface area contributed by atoms with Crippen molar-refractivity contribution in [1.29, 1.82) is 5.26 Å². The first-order valence-electron chi connectivity index (χ1n) is 8.58. The largest absolute Gasteiger partial charge is 0.489 e. The molecule has 0 fully saturated rings. The quantitative estimate of drug-likeness (QED) is 0.683. The third-order valence-electron chi connectivity index (χ3n) is 4.11. The Hall–Kier alpha value is -3.56. The van der Waals surface area contributed by atoms with Crippen LogP contribution in [0.4, 0.5) is 4.39 Å². The maximum absolute atomic E-state index is 14.0. The highest BCUT2D eigenvalue weighted by atomic mass is 19.1. The van der Waals surface area contributed by atoms with Gasteiger partial charge in [0, 0.05) is 23.7 Å². The lowest BCUT2D eigenvalue weighted by atomic mass is 10.1. The molecule has 3 rings (SSSR count). The van der Waals surface area contributed by atoms with E-state index in [0.717, 1.165) is 11.1 Å². The van der Waals surface area contributed by atoms with Crippen molar-refractivity contribution in [2.24, 2.45) is 0 Å². The average molecular weight is 376 g/mol. The first kappa shape index (κ1) is 19.2. The second kappa shape index (κ2) is 8.89. The SMILES string of the molecule is N#Cc1ccc(COc2cccc(-c3ccc(CC(=O)CO)cn3)c2)c(F)c1.